The summed E-state index contributed by atoms with van der Waals surface area (Å²) in [4.78, 5) is 38.5. The van der Waals surface area contributed by atoms with E-state index in [1.54, 1.807) is 0 Å². The Morgan fingerprint density at radius 2 is 1.56 bits per heavy atom. The Bertz CT molecular complexity index is 1580. The van der Waals surface area contributed by atoms with Crippen molar-refractivity contribution in [1.29, 1.82) is 0 Å². The molecule has 0 saturated heterocycles. The largest absolute Gasteiger partial charge is 0.481 e. The Morgan fingerprint density at radius 1 is 0.880 bits per heavy atom. The topological polar surface area (TPSA) is 89.9 Å². The van der Waals surface area contributed by atoms with Gasteiger partial charge in [-0.1, -0.05) is 65.0 Å². The van der Waals surface area contributed by atoms with Crippen LogP contribution >= 0.6 is 0 Å². The second-order valence-corrected chi connectivity index (χ2v) is 19.1. The van der Waals surface area contributed by atoms with Gasteiger partial charge in [0, 0.05) is 0 Å². The van der Waals surface area contributed by atoms with Crippen LogP contribution in [0.4, 0.5) is 0 Å². The molecule has 1 aromatic carbocycles. The summed E-state index contributed by atoms with van der Waals surface area (Å²) in [6, 6.07) is 8.01. The number of fused-ring (bicyclic) bond motifs is 7. The zero-order valence-corrected chi connectivity index (χ0v) is 32.2. The van der Waals surface area contributed by atoms with E-state index in [9.17, 15) is 19.5 Å². The van der Waals surface area contributed by atoms with Gasteiger partial charge in [-0.3, -0.25) is 9.59 Å². The average molecular weight is 687 g/mol. The van der Waals surface area contributed by atoms with E-state index < -0.39 is 17.0 Å². The summed E-state index contributed by atoms with van der Waals surface area (Å²) < 4.78 is 10.9. The van der Waals surface area contributed by atoms with Crippen molar-refractivity contribution in [2.75, 3.05) is 6.61 Å². The Kier molecular flexibility index (Phi) is 9.12. The molecule has 5 aliphatic rings. The van der Waals surface area contributed by atoms with Gasteiger partial charge in [-0.2, -0.15) is 0 Å². The van der Waals surface area contributed by atoms with Crippen molar-refractivity contribution in [1.82, 2.24) is 0 Å². The van der Waals surface area contributed by atoms with Crippen molar-refractivity contribution < 1.29 is 29.0 Å². The number of carbonyl (C=O) groups excluding carboxylic acids is 2. The van der Waals surface area contributed by atoms with Gasteiger partial charge < -0.3 is 14.6 Å². The summed E-state index contributed by atoms with van der Waals surface area (Å²) in [6.45, 7) is 24.8. The number of hydrogen-bond acceptors (Lipinski definition) is 5. The zero-order chi connectivity index (χ0) is 36.7. The number of hydrogen-bond donors (Lipinski definition) is 1. The summed E-state index contributed by atoms with van der Waals surface area (Å²) in [5.41, 5.74) is 2.89. The molecule has 4 fully saturated rings. The fourth-order valence-corrected chi connectivity index (χ4v) is 13.2. The molecule has 0 bridgehead atoms. The van der Waals surface area contributed by atoms with E-state index in [0.29, 0.717) is 36.8 Å². The van der Waals surface area contributed by atoms with Crippen LogP contribution in [0.1, 0.15) is 142 Å². The second-order valence-electron chi connectivity index (χ2n) is 19.1. The fraction of sp³-hybridized carbons (Fsp3) is 0.705. The van der Waals surface area contributed by atoms with E-state index in [2.05, 4.69) is 59.4 Å². The number of allylic oxidation sites excluding steroid dienone is 2. The first-order valence-corrected chi connectivity index (χ1v) is 19.4. The minimum atomic E-state index is -0.736. The third-order valence-electron chi connectivity index (χ3n) is 15.5. The molecule has 1 aromatic rings. The molecule has 6 rings (SSSR count). The number of carbonyl (C=O) groups is 3. The molecule has 4 saturated carbocycles. The Balaban J connectivity index is 1.30. The van der Waals surface area contributed by atoms with Crippen molar-refractivity contribution in [3.8, 4) is 0 Å². The van der Waals surface area contributed by atoms with E-state index in [4.69, 9.17) is 9.47 Å². The average Bonchev–Trinajstić information content (AvgIpc) is 3.42. The normalized spacial score (nSPS) is 38.7. The summed E-state index contributed by atoms with van der Waals surface area (Å²) in [5, 5.41) is 10.8. The van der Waals surface area contributed by atoms with Crippen LogP contribution < -0.4 is 0 Å². The predicted octanol–water partition coefficient (Wildman–Crippen LogP) is 10.3. The molecule has 9 atom stereocenters. The van der Waals surface area contributed by atoms with Crippen molar-refractivity contribution in [2.45, 2.75) is 132 Å². The molecule has 1 N–H and O–H groups in total. The minimum Gasteiger partial charge on any atom is -0.481 e. The van der Waals surface area contributed by atoms with Gasteiger partial charge in [0.15, 0.2) is 0 Å². The number of ether oxygens (including phenoxy) is 2. The number of carboxylic acid groups (broad SMARTS) is 1. The van der Waals surface area contributed by atoms with Gasteiger partial charge in [-0.25, -0.2) is 4.79 Å². The van der Waals surface area contributed by atoms with Crippen LogP contribution in [0.5, 0.6) is 0 Å². The van der Waals surface area contributed by atoms with Crippen molar-refractivity contribution in [3.63, 3.8) is 0 Å². The first-order valence-electron chi connectivity index (χ1n) is 19.4. The molecular weight excluding hydrogens is 624 g/mol. The van der Waals surface area contributed by atoms with E-state index >= 15 is 0 Å². The Morgan fingerprint density at radius 3 is 2.18 bits per heavy atom. The van der Waals surface area contributed by atoms with Crippen molar-refractivity contribution >= 4 is 23.5 Å². The molecule has 6 heteroatoms. The molecule has 0 radical (unpaired) electrons. The molecule has 0 spiro atoms. The molecular formula is C44H62O6. The van der Waals surface area contributed by atoms with Crippen LogP contribution in [-0.4, -0.2) is 35.2 Å². The molecule has 9 unspecified atom stereocenters. The lowest BCUT2D eigenvalue weighted by Gasteiger charge is -2.72. The standard InChI is InChI=1S/C44H62O6/c1-11-49-35(45)26-27(2)30-18-23-44(38(47)48)25-24-42(9)32(36(30)44)16-17-34-41(8)21-19-31(40(6,7)33(41)20-22-43(34,42)10)28-12-14-29(15-13-28)37(46)50-39(3,4)5/h12-15,19,30,32-34,36H,2,11,16-18,20-26H2,1,3-10H3,(H,47,48). The Hall–Kier alpha value is -2.89. The SMILES string of the molecule is C=C(CC(=O)OCC)C1CCC2(C(=O)O)CCC3(C)C(CCC4C5(C)CC=C(c6ccc(C(=O)OC(C)(C)C)cc6)C(C)(C)C5CCC43C)C12. The number of esters is 2. The van der Waals surface area contributed by atoms with Gasteiger partial charge in [0.2, 0.25) is 0 Å². The molecule has 274 valence electrons. The molecule has 0 aliphatic heterocycles. The first kappa shape index (κ1) is 36.9. The third-order valence-corrected chi connectivity index (χ3v) is 15.5. The maximum Gasteiger partial charge on any atom is 0.338 e. The Labute approximate surface area is 300 Å². The smallest absolute Gasteiger partial charge is 0.338 e. The van der Waals surface area contributed by atoms with Crippen LogP contribution in [0, 0.1) is 56.7 Å². The third kappa shape index (κ3) is 5.52. The highest BCUT2D eigenvalue weighted by Gasteiger charge is 2.71. The molecule has 0 heterocycles. The van der Waals surface area contributed by atoms with Gasteiger partial charge in [-0.05, 0) is 160 Å². The molecule has 6 nitrogen and oxygen atoms in total. The lowest BCUT2D eigenvalue weighted by molar-refractivity contribution is -0.228. The summed E-state index contributed by atoms with van der Waals surface area (Å²) in [5.74, 6) is 0.161. The van der Waals surface area contributed by atoms with Crippen LogP contribution in [-0.2, 0) is 19.1 Å². The van der Waals surface area contributed by atoms with Crippen molar-refractivity contribution in [3.05, 3.63) is 53.6 Å². The van der Waals surface area contributed by atoms with Crippen LogP contribution in [0.3, 0.4) is 0 Å². The number of benzene rings is 1. The molecule has 0 amide bonds. The lowest BCUT2D eigenvalue weighted by Crippen LogP contribution is -2.66. The maximum atomic E-state index is 13.2. The van der Waals surface area contributed by atoms with Gasteiger partial charge in [-0.15, -0.1) is 0 Å². The van der Waals surface area contributed by atoms with Crippen LogP contribution in [0.25, 0.3) is 5.57 Å². The zero-order valence-electron chi connectivity index (χ0n) is 32.2. The number of rotatable bonds is 7. The van der Waals surface area contributed by atoms with Crippen LogP contribution in [0.2, 0.25) is 0 Å². The van der Waals surface area contributed by atoms with Crippen LogP contribution in [0.15, 0.2) is 42.5 Å². The van der Waals surface area contributed by atoms with Gasteiger partial charge in [0.05, 0.1) is 24.0 Å². The van der Waals surface area contributed by atoms with E-state index in [1.807, 2.05) is 39.8 Å². The highest BCUT2D eigenvalue weighted by atomic mass is 16.6. The van der Waals surface area contributed by atoms with E-state index in [-0.39, 0.29) is 57.8 Å². The summed E-state index contributed by atoms with van der Waals surface area (Å²) in [6.07, 6.45) is 11.2. The van der Waals surface area contributed by atoms with Gasteiger partial charge >= 0.3 is 17.9 Å². The van der Waals surface area contributed by atoms with E-state index in [1.165, 1.54) is 11.1 Å². The highest BCUT2D eigenvalue weighted by molar-refractivity contribution is 5.90. The van der Waals surface area contributed by atoms with E-state index in [0.717, 1.165) is 50.5 Å². The highest BCUT2D eigenvalue weighted by Crippen LogP contribution is 2.77. The predicted molar refractivity (Wildman–Crippen MR) is 197 cm³/mol. The quantitative estimate of drug-likeness (QED) is 0.227. The lowest BCUT2D eigenvalue weighted by atomic mass is 9.32. The fourth-order valence-electron chi connectivity index (χ4n) is 13.2. The molecule has 5 aliphatic carbocycles. The minimum absolute atomic E-state index is 0.00179. The van der Waals surface area contributed by atoms with Gasteiger partial charge in [0.1, 0.15) is 5.60 Å². The molecule has 0 aromatic heterocycles. The second kappa shape index (κ2) is 12.4. The monoisotopic (exact) mass is 686 g/mol. The van der Waals surface area contributed by atoms with Crippen molar-refractivity contribution in [2.24, 2.45) is 56.7 Å². The summed E-state index contributed by atoms with van der Waals surface area (Å²) in [7, 11) is 0. The number of carboxylic acids is 1. The first-order chi connectivity index (χ1) is 23.2. The maximum absolute atomic E-state index is 13.2. The molecule has 50 heavy (non-hydrogen) atoms. The summed E-state index contributed by atoms with van der Waals surface area (Å²) >= 11 is 0. The van der Waals surface area contributed by atoms with Gasteiger partial charge in [0.25, 0.3) is 0 Å². The number of aliphatic carboxylic acids is 1.